The summed E-state index contributed by atoms with van der Waals surface area (Å²) < 4.78 is 0. The van der Waals surface area contributed by atoms with Gasteiger partial charge in [0.1, 0.15) is 0 Å². The first kappa shape index (κ1) is 14.4. The third-order valence-electron chi connectivity index (χ3n) is 2.81. The lowest BCUT2D eigenvalue weighted by atomic mass is 10.1. The van der Waals surface area contributed by atoms with Crippen LogP contribution in [0.15, 0.2) is 46.7 Å². The van der Waals surface area contributed by atoms with Crippen molar-refractivity contribution in [2.75, 3.05) is 0 Å². The van der Waals surface area contributed by atoms with Gasteiger partial charge in [-0.3, -0.25) is 0 Å². The first-order valence-electron chi connectivity index (χ1n) is 6.22. The highest BCUT2D eigenvalue weighted by Crippen LogP contribution is 2.22. The SMILES string of the molecule is Cc1cc(C)cc(CSc2cc(/C(N)=N/O)ccn2)c1. The fourth-order valence-corrected chi connectivity index (χ4v) is 2.84. The molecule has 3 N–H and O–H groups in total. The fraction of sp³-hybridized carbons (Fsp3) is 0.200. The van der Waals surface area contributed by atoms with Crippen LogP contribution < -0.4 is 5.73 Å². The van der Waals surface area contributed by atoms with Crippen LogP contribution >= 0.6 is 11.8 Å². The highest BCUT2D eigenvalue weighted by Gasteiger charge is 2.03. The Morgan fingerprint density at radius 1 is 1.25 bits per heavy atom. The van der Waals surface area contributed by atoms with Gasteiger partial charge in [-0.15, -0.1) is 11.8 Å². The van der Waals surface area contributed by atoms with E-state index < -0.39 is 0 Å². The molecule has 0 radical (unpaired) electrons. The summed E-state index contributed by atoms with van der Waals surface area (Å²) >= 11 is 1.63. The average molecular weight is 287 g/mol. The maximum absolute atomic E-state index is 8.68. The molecule has 0 aliphatic rings. The van der Waals surface area contributed by atoms with Gasteiger partial charge in [-0.1, -0.05) is 34.5 Å². The zero-order valence-corrected chi connectivity index (χ0v) is 12.3. The van der Waals surface area contributed by atoms with Crippen LogP contribution in [-0.2, 0) is 5.75 Å². The van der Waals surface area contributed by atoms with Crippen LogP contribution in [0.5, 0.6) is 0 Å². The lowest BCUT2D eigenvalue weighted by molar-refractivity contribution is 0.318. The maximum atomic E-state index is 8.68. The minimum atomic E-state index is 0.0978. The van der Waals surface area contributed by atoms with E-state index in [0.29, 0.717) is 5.56 Å². The van der Waals surface area contributed by atoms with Crippen LogP contribution in [0, 0.1) is 13.8 Å². The van der Waals surface area contributed by atoms with Crippen molar-refractivity contribution in [3.05, 3.63) is 58.8 Å². The van der Waals surface area contributed by atoms with Crippen molar-refractivity contribution in [1.82, 2.24) is 4.98 Å². The number of amidine groups is 1. The molecule has 1 heterocycles. The molecule has 1 aromatic heterocycles. The number of hydrogen-bond donors (Lipinski definition) is 2. The zero-order chi connectivity index (χ0) is 14.5. The maximum Gasteiger partial charge on any atom is 0.170 e. The number of hydrogen-bond acceptors (Lipinski definition) is 4. The molecule has 2 aromatic rings. The average Bonchev–Trinajstić information content (AvgIpc) is 2.43. The Morgan fingerprint density at radius 3 is 2.60 bits per heavy atom. The monoisotopic (exact) mass is 287 g/mol. The van der Waals surface area contributed by atoms with Crippen molar-refractivity contribution in [2.45, 2.75) is 24.6 Å². The number of thioether (sulfide) groups is 1. The van der Waals surface area contributed by atoms with Crippen LogP contribution in [0.2, 0.25) is 0 Å². The van der Waals surface area contributed by atoms with E-state index in [1.165, 1.54) is 16.7 Å². The van der Waals surface area contributed by atoms with E-state index >= 15 is 0 Å². The topological polar surface area (TPSA) is 71.5 Å². The normalized spacial score (nSPS) is 11.6. The summed E-state index contributed by atoms with van der Waals surface area (Å²) in [5.74, 6) is 0.940. The molecule has 0 aliphatic heterocycles. The molecule has 0 atom stereocenters. The number of pyridine rings is 1. The number of benzene rings is 1. The molecule has 4 nitrogen and oxygen atoms in total. The largest absolute Gasteiger partial charge is 0.409 e. The first-order chi connectivity index (χ1) is 9.58. The smallest absolute Gasteiger partial charge is 0.170 e. The number of aryl methyl sites for hydroxylation is 2. The highest BCUT2D eigenvalue weighted by molar-refractivity contribution is 7.98. The second-order valence-electron chi connectivity index (χ2n) is 4.65. The molecular formula is C15H17N3OS. The van der Waals surface area contributed by atoms with E-state index in [1.807, 2.05) is 6.07 Å². The van der Waals surface area contributed by atoms with Gasteiger partial charge in [0.15, 0.2) is 5.84 Å². The van der Waals surface area contributed by atoms with E-state index in [9.17, 15) is 0 Å². The van der Waals surface area contributed by atoms with Crippen LogP contribution in [-0.4, -0.2) is 16.0 Å². The molecule has 5 heteroatoms. The molecule has 0 unspecified atom stereocenters. The Kier molecular flexibility index (Phi) is 4.63. The molecule has 20 heavy (non-hydrogen) atoms. The van der Waals surface area contributed by atoms with Gasteiger partial charge in [0.2, 0.25) is 0 Å². The van der Waals surface area contributed by atoms with Gasteiger partial charge >= 0.3 is 0 Å². The number of oxime groups is 1. The number of rotatable bonds is 4. The Balaban J connectivity index is 2.11. The van der Waals surface area contributed by atoms with Gasteiger partial charge in [-0.05, 0) is 31.5 Å². The van der Waals surface area contributed by atoms with Gasteiger partial charge in [0.25, 0.3) is 0 Å². The number of aromatic nitrogens is 1. The minimum Gasteiger partial charge on any atom is -0.409 e. The van der Waals surface area contributed by atoms with Crippen molar-refractivity contribution in [3.8, 4) is 0 Å². The molecule has 0 amide bonds. The van der Waals surface area contributed by atoms with E-state index in [2.05, 4.69) is 42.2 Å². The van der Waals surface area contributed by atoms with E-state index in [0.717, 1.165) is 10.8 Å². The quantitative estimate of drug-likeness (QED) is 0.298. The summed E-state index contributed by atoms with van der Waals surface area (Å²) in [5, 5.41) is 12.5. The van der Waals surface area contributed by atoms with E-state index in [1.54, 1.807) is 24.0 Å². The lowest BCUT2D eigenvalue weighted by Gasteiger charge is -2.06. The van der Waals surface area contributed by atoms with Gasteiger partial charge in [0, 0.05) is 17.5 Å². The van der Waals surface area contributed by atoms with Crippen molar-refractivity contribution < 1.29 is 5.21 Å². The molecule has 0 spiro atoms. The van der Waals surface area contributed by atoms with Crippen LogP contribution in [0.4, 0.5) is 0 Å². The van der Waals surface area contributed by atoms with Gasteiger partial charge in [-0.25, -0.2) is 4.98 Å². The van der Waals surface area contributed by atoms with Crippen molar-refractivity contribution in [1.29, 1.82) is 0 Å². The molecule has 0 saturated heterocycles. The third kappa shape index (κ3) is 3.74. The van der Waals surface area contributed by atoms with Gasteiger partial charge in [0.05, 0.1) is 5.03 Å². The Hall–Kier alpha value is -2.01. The summed E-state index contributed by atoms with van der Waals surface area (Å²) in [6.07, 6.45) is 1.66. The predicted octanol–water partition coefficient (Wildman–Crippen LogP) is 3.09. The Bertz CT molecular complexity index is 621. The summed E-state index contributed by atoms with van der Waals surface area (Å²) in [5.41, 5.74) is 10.0. The number of nitrogens with two attached hydrogens (primary N) is 1. The van der Waals surface area contributed by atoms with Crippen LogP contribution in [0.1, 0.15) is 22.3 Å². The predicted molar refractivity (Wildman–Crippen MR) is 82.2 cm³/mol. The second-order valence-corrected chi connectivity index (χ2v) is 5.65. The van der Waals surface area contributed by atoms with Crippen LogP contribution in [0.3, 0.4) is 0 Å². The Morgan fingerprint density at radius 2 is 1.95 bits per heavy atom. The number of nitrogens with zero attached hydrogens (tertiary/aromatic N) is 2. The first-order valence-corrected chi connectivity index (χ1v) is 7.21. The highest BCUT2D eigenvalue weighted by atomic mass is 32.2. The minimum absolute atomic E-state index is 0.0978. The van der Waals surface area contributed by atoms with Gasteiger partial charge < -0.3 is 10.9 Å². The van der Waals surface area contributed by atoms with Crippen molar-refractivity contribution in [2.24, 2.45) is 10.9 Å². The summed E-state index contributed by atoms with van der Waals surface area (Å²) in [4.78, 5) is 4.29. The van der Waals surface area contributed by atoms with E-state index in [4.69, 9.17) is 10.9 Å². The molecule has 0 saturated carbocycles. The zero-order valence-electron chi connectivity index (χ0n) is 11.5. The molecule has 0 fully saturated rings. The van der Waals surface area contributed by atoms with Gasteiger partial charge in [-0.2, -0.15) is 0 Å². The second kappa shape index (κ2) is 6.43. The molecule has 104 valence electrons. The lowest BCUT2D eigenvalue weighted by Crippen LogP contribution is -2.13. The summed E-state index contributed by atoms with van der Waals surface area (Å²) in [7, 11) is 0. The van der Waals surface area contributed by atoms with Crippen molar-refractivity contribution in [3.63, 3.8) is 0 Å². The molecule has 2 rings (SSSR count). The Labute approximate surface area is 122 Å². The molecular weight excluding hydrogens is 270 g/mol. The summed E-state index contributed by atoms with van der Waals surface area (Å²) in [6, 6.07) is 10.0. The molecule has 0 aliphatic carbocycles. The van der Waals surface area contributed by atoms with E-state index in [-0.39, 0.29) is 5.84 Å². The summed E-state index contributed by atoms with van der Waals surface area (Å²) in [6.45, 7) is 4.19. The molecule has 1 aromatic carbocycles. The fourth-order valence-electron chi connectivity index (χ4n) is 2.02. The molecule has 0 bridgehead atoms. The van der Waals surface area contributed by atoms with Crippen molar-refractivity contribution >= 4 is 17.6 Å². The third-order valence-corrected chi connectivity index (χ3v) is 3.80. The standard InChI is InChI=1S/C15H17N3OS/c1-10-5-11(2)7-12(6-10)9-20-14-8-13(3-4-17-14)15(16)18-19/h3-8,19H,9H2,1-2H3,(H2,16,18). The van der Waals surface area contributed by atoms with Crippen LogP contribution in [0.25, 0.3) is 0 Å².